The van der Waals surface area contributed by atoms with Gasteiger partial charge >= 0.3 is 11.9 Å². The summed E-state index contributed by atoms with van der Waals surface area (Å²) in [4.78, 5) is 20.6. The topological polar surface area (TPSA) is 165 Å². The van der Waals surface area contributed by atoms with Crippen molar-refractivity contribution in [1.29, 1.82) is 0 Å². The number of carbonyl (C=O) groups is 2. The maximum absolute atomic E-state index is 10.5. The number of ether oxygens (including phenoxy) is 1. The summed E-state index contributed by atoms with van der Waals surface area (Å²) in [6, 6.07) is 0. The van der Waals surface area contributed by atoms with Gasteiger partial charge in [-0.15, -0.1) is 0 Å². The molecule has 144 valence electrons. The zero-order valence-corrected chi connectivity index (χ0v) is 14.4. The lowest BCUT2D eigenvalue weighted by molar-refractivity contribution is -0.153. The van der Waals surface area contributed by atoms with Crippen LogP contribution in [-0.2, 0) is 14.3 Å². The fraction of sp³-hybridized carbons (Fsp3) is 0.733. The highest BCUT2D eigenvalue weighted by molar-refractivity contribution is 5.86. The zero-order valence-electron chi connectivity index (χ0n) is 14.4. The number of rotatable bonds is 8. The molecule has 0 aliphatic rings. The molecule has 0 aliphatic heterocycles. The normalized spacial score (nSPS) is 11.2. The Morgan fingerprint density at radius 1 is 1.12 bits per heavy atom. The summed E-state index contributed by atoms with van der Waals surface area (Å²) in [5.74, 6) is -1.64. The molecule has 0 aromatic heterocycles. The molecule has 0 spiro atoms. The van der Waals surface area contributed by atoms with Gasteiger partial charge in [0.1, 0.15) is 12.0 Å². The number of carbonyl (C=O) groups excluding carboxylic acids is 1. The number of aliphatic hydroxyl groups excluding tert-OH is 5. The minimum atomic E-state index is -1.39. The number of hydrogen-bond acceptors (Lipinski definition) is 8. The monoisotopic (exact) mass is 354 g/mol. The van der Waals surface area contributed by atoms with Gasteiger partial charge in [0.15, 0.2) is 0 Å². The van der Waals surface area contributed by atoms with Crippen LogP contribution >= 0.6 is 0 Å². The minimum absolute atomic E-state index is 0.0473. The Kier molecular flexibility index (Phi) is 18.6. The number of aliphatic hydroxyl groups is 5. The zero-order chi connectivity index (χ0) is 19.8. The molecule has 1 unspecified atom stereocenters. The van der Waals surface area contributed by atoms with Crippen LogP contribution in [0.3, 0.4) is 0 Å². The van der Waals surface area contributed by atoms with E-state index in [0.717, 1.165) is 0 Å². The van der Waals surface area contributed by atoms with Crippen LogP contribution in [0.2, 0.25) is 0 Å². The molecular formula is C15H30O9. The number of hydrogen-bond donors (Lipinski definition) is 6. The number of carboxylic acid groups (broad SMARTS) is 1. The molecule has 0 aromatic rings. The Labute approximate surface area is 141 Å². The van der Waals surface area contributed by atoms with Crippen molar-refractivity contribution in [3.8, 4) is 0 Å². The lowest BCUT2D eigenvalue weighted by Gasteiger charge is -2.17. The number of carboxylic acids is 1. The fourth-order valence-electron chi connectivity index (χ4n) is 0.634. The number of aliphatic carboxylic acids is 1. The molecule has 0 fully saturated rings. The molecule has 24 heavy (non-hydrogen) atoms. The van der Waals surface area contributed by atoms with E-state index >= 15 is 0 Å². The third kappa shape index (κ3) is 16.8. The highest BCUT2D eigenvalue weighted by Gasteiger charge is 2.31. The van der Waals surface area contributed by atoms with Gasteiger partial charge in [-0.1, -0.05) is 6.58 Å². The highest BCUT2D eigenvalue weighted by Crippen LogP contribution is 2.12. The van der Waals surface area contributed by atoms with Crippen LogP contribution in [0.5, 0.6) is 0 Å². The molecule has 0 rings (SSSR count). The van der Waals surface area contributed by atoms with E-state index in [1.807, 2.05) is 0 Å². The third-order valence-electron chi connectivity index (χ3n) is 2.43. The summed E-state index contributed by atoms with van der Waals surface area (Å²) < 4.78 is 4.46. The first-order valence-electron chi connectivity index (χ1n) is 7.19. The SMILES string of the molecule is C=C(C)C(=O)OCCO.CC(CO)(CO)C(=O)O.CC(O)CCO. The Balaban J connectivity index is -0.000000282. The minimum Gasteiger partial charge on any atom is -0.481 e. The smallest absolute Gasteiger partial charge is 0.333 e. The van der Waals surface area contributed by atoms with Crippen molar-refractivity contribution >= 4 is 11.9 Å². The van der Waals surface area contributed by atoms with Crippen LogP contribution in [0.4, 0.5) is 0 Å². The largest absolute Gasteiger partial charge is 0.481 e. The molecule has 9 heteroatoms. The first-order chi connectivity index (χ1) is 11.0. The van der Waals surface area contributed by atoms with Gasteiger partial charge in [0.25, 0.3) is 0 Å². The summed E-state index contributed by atoms with van der Waals surface area (Å²) >= 11 is 0. The second-order valence-electron chi connectivity index (χ2n) is 5.18. The number of esters is 1. The molecule has 0 heterocycles. The first kappa shape index (κ1) is 27.3. The van der Waals surface area contributed by atoms with Crippen molar-refractivity contribution in [2.75, 3.05) is 33.0 Å². The second-order valence-corrected chi connectivity index (χ2v) is 5.18. The molecule has 0 aromatic carbocycles. The van der Waals surface area contributed by atoms with Gasteiger partial charge in [0.2, 0.25) is 0 Å². The second kappa shape index (κ2) is 16.3. The molecule has 0 aliphatic carbocycles. The third-order valence-corrected chi connectivity index (χ3v) is 2.43. The Bertz CT molecular complexity index is 349. The van der Waals surface area contributed by atoms with Gasteiger partial charge < -0.3 is 35.4 Å². The van der Waals surface area contributed by atoms with Gasteiger partial charge in [-0.25, -0.2) is 4.79 Å². The van der Waals surface area contributed by atoms with E-state index in [-0.39, 0.29) is 25.9 Å². The van der Waals surface area contributed by atoms with Crippen molar-refractivity contribution in [1.82, 2.24) is 0 Å². The van der Waals surface area contributed by atoms with E-state index < -0.39 is 30.6 Å². The van der Waals surface area contributed by atoms with Crippen LogP contribution in [0, 0.1) is 5.41 Å². The van der Waals surface area contributed by atoms with Gasteiger partial charge in [0.05, 0.1) is 25.9 Å². The van der Waals surface area contributed by atoms with Crippen LogP contribution in [0.25, 0.3) is 0 Å². The lowest BCUT2D eigenvalue weighted by atomic mass is 9.94. The predicted octanol–water partition coefficient (Wildman–Crippen LogP) is -1.09. The Hall–Kier alpha value is -1.52. The Morgan fingerprint density at radius 3 is 1.71 bits per heavy atom. The van der Waals surface area contributed by atoms with Crippen LogP contribution in [0.15, 0.2) is 12.2 Å². The van der Waals surface area contributed by atoms with E-state index in [1.54, 1.807) is 13.8 Å². The first-order valence-corrected chi connectivity index (χ1v) is 7.19. The molecule has 1 atom stereocenters. The maximum Gasteiger partial charge on any atom is 0.333 e. The molecule has 0 radical (unpaired) electrons. The average molecular weight is 354 g/mol. The van der Waals surface area contributed by atoms with Gasteiger partial charge in [-0.05, 0) is 27.2 Å². The molecule has 0 amide bonds. The summed E-state index contributed by atoms with van der Waals surface area (Å²) in [7, 11) is 0. The quantitative estimate of drug-likeness (QED) is 0.235. The van der Waals surface area contributed by atoms with Crippen LogP contribution < -0.4 is 0 Å². The van der Waals surface area contributed by atoms with E-state index in [2.05, 4.69) is 11.3 Å². The van der Waals surface area contributed by atoms with Gasteiger partial charge in [-0.2, -0.15) is 0 Å². The van der Waals surface area contributed by atoms with E-state index in [1.165, 1.54) is 6.92 Å². The van der Waals surface area contributed by atoms with Crippen LogP contribution in [-0.4, -0.2) is 81.7 Å². The van der Waals surface area contributed by atoms with Crippen molar-refractivity contribution < 1.29 is 45.0 Å². The van der Waals surface area contributed by atoms with Gasteiger partial charge in [-0.3, -0.25) is 4.79 Å². The van der Waals surface area contributed by atoms with E-state index in [9.17, 15) is 9.59 Å². The summed E-state index contributed by atoms with van der Waals surface area (Å²) in [6.45, 7) is 6.73. The molecule has 6 N–H and O–H groups in total. The predicted molar refractivity (Wildman–Crippen MR) is 86.2 cm³/mol. The van der Waals surface area contributed by atoms with Crippen LogP contribution in [0.1, 0.15) is 27.2 Å². The van der Waals surface area contributed by atoms with Gasteiger partial charge in [0, 0.05) is 12.2 Å². The molecular weight excluding hydrogens is 324 g/mol. The molecule has 0 saturated heterocycles. The molecule has 9 nitrogen and oxygen atoms in total. The van der Waals surface area contributed by atoms with E-state index in [4.69, 9.17) is 30.6 Å². The molecule has 0 saturated carbocycles. The average Bonchev–Trinajstić information content (AvgIpc) is 2.52. The summed E-state index contributed by atoms with van der Waals surface area (Å²) in [6.07, 6.45) is 0.134. The molecule has 0 bridgehead atoms. The Morgan fingerprint density at radius 2 is 1.58 bits per heavy atom. The summed E-state index contributed by atoms with van der Waals surface area (Å²) in [5, 5.41) is 49.8. The summed E-state index contributed by atoms with van der Waals surface area (Å²) in [5.41, 5.74) is -1.04. The van der Waals surface area contributed by atoms with Crippen molar-refractivity contribution in [2.24, 2.45) is 5.41 Å². The lowest BCUT2D eigenvalue weighted by Crippen LogP contribution is -2.35. The van der Waals surface area contributed by atoms with Crippen molar-refractivity contribution in [3.63, 3.8) is 0 Å². The van der Waals surface area contributed by atoms with Crippen molar-refractivity contribution in [2.45, 2.75) is 33.3 Å². The maximum atomic E-state index is 10.5. The fourth-order valence-corrected chi connectivity index (χ4v) is 0.634. The highest BCUT2D eigenvalue weighted by atomic mass is 16.5. The standard InChI is InChI=1S/C6H10O3.C5H10O4.C4H10O2/c1-5(2)6(8)9-4-3-7;1-5(2-6,3-7)4(8)9;1-4(6)2-3-5/h7H,1,3-4H2,2H3;6-7H,2-3H2,1H3,(H,8,9);4-6H,2-3H2,1H3. The van der Waals surface area contributed by atoms with Crippen molar-refractivity contribution in [3.05, 3.63) is 12.2 Å². The van der Waals surface area contributed by atoms with E-state index in [0.29, 0.717) is 12.0 Å².